The topological polar surface area (TPSA) is 0 Å². The Morgan fingerprint density at radius 1 is 0.548 bits per heavy atom. The molecule has 2 unspecified atom stereocenters. The molecule has 0 saturated heterocycles. The molecular weight excluding hydrogens is 455 g/mol. The van der Waals surface area contributed by atoms with Crippen molar-refractivity contribution in [1.29, 1.82) is 0 Å². The summed E-state index contributed by atoms with van der Waals surface area (Å²) in [4.78, 5) is 0. The van der Waals surface area contributed by atoms with Gasteiger partial charge in [-0.1, -0.05) is 0 Å². The first-order chi connectivity index (χ1) is 14.2. The Kier molecular flexibility index (Phi) is 6.21. The molecular formula is C28H22Cl2Ti. The van der Waals surface area contributed by atoms with Gasteiger partial charge in [0.25, 0.3) is 0 Å². The molecule has 0 nitrogen and oxygen atoms in total. The van der Waals surface area contributed by atoms with Crippen molar-refractivity contribution in [2.75, 3.05) is 0 Å². The van der Waals surface area contributed by atoms with Crippen LogP contribution in [-0.2, 0) is 19.2 Å². The number of halogens is 2. The summed E-state index contributed by atoms with van der Waals surface area (Å²) in [6, 6.07) is 27.1. The number of hydrogen-bond acceptors (Lipinski definition) is 0. The molecule has 0 saturated carbocycles. The third kappa shape index (κ3) is 3.51. The quantitative estimate of drug-likeness (QED) is 0.386. The van der Waals surface area contributed by atoms with Crippen molar-refractivity contribution in [3.05, 3.63) is 106 Å². The summed E-state index contributed by atoms with van der Waals surface area (Å²) in [6.45, 7) is 4.69. The number of hydrogen-bond donors (Lipinski definition) is 0. The summed E-state index contributed by atoms with van der Waals surface area (Å²) in [7, 11) is 0. The number of allylic oxidation sites excluding steroid dienone is 2. The van der Waals surface area contributed by atoms with Gasteiger partial charge in [-0.3, -0.25) is 0 Å². The van der Waals surface area contributed by atoms with Gasteiger partial charge in [-0.25, -0.2) is 0 Å². The molecule has 3 heteroatoms. The second-order valence-electron chi connectivity index (χ2n) is 8.39. The zero-order valence-electron chi connectivity index (χ0n) is 17.5. The van der Waals surface area contributed by atoms with E-state index in [-0.39, 0.29) is 44.0 Å². The van der Waals surface area contributed by atoms with Crippen LogP contribution in [0.3, 0.4) is 0 Å². The van der Waals surface area contributed by atoms with Crippen LogP contribution in [-0.4, -0.2) is 0 Å². The van der Waals surface area contributed by atoms with E-state index in [4.69, 9.17) is 0 Å². The molecule has 0 N–H and O–H groups in total. The Hall–Kier alpha value is -1.83. The van der Waals surface area contributed by atoms with Crippen molar-refractivity contribution in [3.8, 4) is 0 Å². The van der Waals surface area contributed by atoms with Crippen LogP contribution in [0.1, 0.15) is 44.5 Å². The summed E-state index contributed by atoms with van der Waals surface area (Å²) >= 11 is -0.260. The zero-order chi connectivity index (χ0) is 19.5. The maximum absolute atomic E-state index is 2.46. The first kappa shape index (κ1) is 22.4. The van der Waals surface area contributed by atoms with Crippen LogP contribution in [0.25, 0.3) is 33.7 Å². The van der Waals surface area contributed by atoms with E-state index in [1.54, 1.807) is 22.3 Å². The van der Waals surface area contributed by atoms with Gasteiger partial charge in [0.2, 0.25) is 0 Å². The summed E-state index contributed by atoms with van der Waals surface area (Å²) in [6.07, 6.45) is 4.92. The predicted molar refractivity (Wildman–Crippen MR) is 121 cm³/mol. The van der Waals surface area contributed by atoms with E-state index in [0.29, 0.717) is 8.45 Å². The fourth-order valence-electron chi connectivity index (χ4n) is 5.17. The van der Waals surface area contributed by atoms with Gasteiger partial charge >= 0.3 is 181 Å². The van der Waals surface area contributed by atoms with E-state index < -0.39 is 0 Å². The summed E-state index contributed by atoms with van der Waals surface area (Å²) < 4.78 is 1.25. The average molecular weight is 477 g/mol. The van der Waals surface area contributed by atoms with Crippen LogP contribution in [0.4, 0.5) is 0 Å². The summed E-state index contributed by atoms with van der Waals surface area (Å²) in [5.74, 6) is 0. The Bertz CT molecular complexity index is 1260. The van der Waals surface area contributed by atoms with Crippen LogP contribution in [0, 0.1) is 0 Å². The average Bonchev–Trinajstić information content (AvgIpc) is 3.25. The number of rotatable bonds is 2. The normalized spacial score (nSPS) is 18.4. The predicted octanol–water partition coefficient (Wildman–Crippen LogP) is 1.70. The van der Waals surface area contributed by atoms with Crippen LogP contribution in [0.2, 0.25) is 0 Å². The molecule has 31 heavy (non-hydrogen) atoms. The first-order valence-corrected chi connectivity index (χ1v) is 12.2. The SMILES string of the molecule is CC1=Cc2c(ccc3ccccc23)[CH]1[Ti+2][CH]1C(C)=Cc2c1ccc1ccccc21.[Cl-].[Cl-]. The van der Waals surface area contributed by atoms with Crippen molar-refractivity contribution in [2.45, 2.75) is 22.3 Å². The third-order valence-corrected chi connectivity index (χ3v) is 10.1. The van der Waals surface area contributed by atoms with E-state index in [2.05, 4.69) is 98.8 Å². The molecule has 0 fully saturated rings. The van der Waals surface area contributed by atoms with E-state index >= 15 is 0 Å². The van der Waals surface area contributed by atoms with Crippen LogP contribution in [0.5, 0.6) is 0 Å². The second-order valence-corrected chi connectivity index (χ2v) is 10.7. The maximum atomic E-state index is 2.46. The maximum Gasteiger partial charge on any atom is -1.00 e. The molecule has 0 radical (unpaired) electrons. The Morgan fingerprint density at radius 3 is 1.42 bits per heavy atom. The van der Waals surface area contributed by atoms with Gasteiger partial charge in [0, 0.05) is 0 Å². The molecule has 0 aliphatic heterocycles. The van der Waals surface area contributed by atoms with Crippen LogP contribution < -0.4 is 24.8 Å². The molecule has 0 amide bonds. The fourth-order valence-corrected chi connectivity index (χ4v) is 8.12. The molecule has 2 aliphatic rings. The van der Waals surface area contributed by atoms with E-state index in [9.17, 15) is 0 Å². The molecule has 4 aromatic rings. The van der Waals surface area contributed by atoms with Gasteiger partial charge in [0.05, 0.1) is 0 Å². The standard InChI is InChI=1S/2C14H11.2ClH.Ti/c2*1-10-8-12-7-6-11-4-2-3-5-13(11)14(12)9-10;;;/h2*2-9H,1H3;2*1H;/q;;;;+2/p-2. The van der Waals surface area contributed by atoms with Gasteiger partial charge < -0.3 is 24.8 Å². The van der Waals surface area contributed by atoms with Crippen molar-refractivity contribution in [3.63, 3.8) is 0 Å². The van der Waals surface area contributed by atoms with Crippen molar-refractivity contribution < 1.29 is 44.0 Å². The van der Waals surface area contributed by atoms with Gasteiger partial charge in [0.1, 0.15) is 0 Å². The molecule has 2 aliphatic carbocycles. The minimum Gasteiger partial charge on any atom is -1.00 e. The van der Waals surface area contributed by atoms with Gasteiger partial charge in [0.15, 0.2) is 0 Å². The molecule has 152 valence electrons. The molecule has 6 rings (SSSR count). The van der Waals surface area contributed by atoms with Crippen molar-refractivity contribution in [1.82, 2.24) is 0 Å². The summed E-state index contributed by atoms with van der Waals surface area (Å²) in [5.41, 5.74) is 9.16. The summed E-state index contributed by atoms with van der Waals surface area (Å²) in [5, 5.41) is 5.52. The Morgan fingerprint density at radius 2 is 0.968 bits per heavy atom. The van der Waals surface area contributed by atoms with E-state index in [1.807, 2.05) is 0 Å². The van der Waals surface area contributed by atoms with Gasteiger partial charge in [-0.15, -0.1) is 0 Å². The molecule has 4 aromatic carbocycles. The van der Waals surface area contributed by atoms with Crippen molar-refractivity contribution >= 4 is 33.7 Å². The molecule has 0 bridgehead atoms. The molecule has 0 spiro atoms. The molecule has 0 aromatic heterocycles. The molecule has 2 atom stereocenters. The second kappa shape index (κ2) is 8.60. The van der Waals surface area contributed by atoms with Gasteiger partial charge in [-0.05, 0) is 0 Å². The monoisotopic (exact) mass is 476 g/mol. The Balaban J connectivity index is 0.00000116. The number of fused-ring (bicyclic) bond motifs is 6. The van der Waals surface area contributed by atoms with Gasteiger partial charge in [-0.2, -0.15) is 0 Å². The minimum atomic E-state index is -0.260. The van der Waals surface area contributed by atoms with Crippen LogP contribution in [0.15, 0.2) is 83.9 Å². The zero-order valence-corrected chi connectivity index (χ0v) is 20.6. The van der Waals surface area contributed by atoms with Crippen molar-refractivity contribution in [2.24, 2.45) is 0 Å². The Labute approximate surface area is 205 Å². The third-order valence-electron chi connectivity index (χ3n) is 6.62. The smallest absolute Gasteiger partial charge is 1.00 e. The molecule has 0 heterocycles. The van der Waals surface area contributed by atoms with E-state index in [0.717, 1.165) is 0 Å². The van der Waals surface area contributed by atoms with E-state index in [1.165, 1.54) is 32.7 Å². The fraction of sp³-hybridized carbons (Fsp3) is 0.143. The number of benzene rings is 4. The van der Waals surface area contributed by atoms with Crippen LogP contribution >= 0.6 is 0 Å². The minimum absolute atomic E-state index is 0. The largest absolute Gasteiger partial charge is 1.00 e. The first-order valence-electron chi connectivity index (χ1n) is 10.4.